The first-order valence-electron chi connectivity index (χ1n) is 10.3. The van der Waals surface area contributed by atoms with Crippen LogP contribution in [0.4, 0.5) is 4.79 Å². The molecule has 3 aromatic rings. The van der Waals surface area contributed by atoms with E-state index in [0.717, 1.165) is 16.7 Å². The van der Waals surface area contributed by atoms with Crippen LogP contribution in [0.5, 0.6) is 5.75 Å². The van der Waals surface area contributed by atoms with Crippen molar-refractivity contribution in [3.8, 4) is 29.4 Å². The number of benzene rings is 2. The number of nitrogens with one attached hydrogen (secondary N) is 1. The molecule has 7 nitrogen and oxygen atoms in total. The van der Waals surface area contributed by atoms with E-state index in [9.17, 15) is 9.90 Å². The fourth-order valence-corrected chi connectivity index (χ4v) is 3.22. The molecule has 2 heterocycles. The van der Waals surface area contributed by atoms with E-state index < -0.39 is 17.4 Å². The third-order valence-electron chi connectivity index (χ3n) is 5.07. The van der Waals surface area contributed by atoms with Gasteiger partial charge in [-0.3, -0.25) is 0 Å². The second-order valence-corrected chi connectivity index (χ2v) is 8.08. The highest BCUT2D eigenvalue weighted by Crippen LogP contribution is 2.24. The maximum absolute atomic E-state index is 11.2. The Morgan fingerprint density at radius 3 is 2.30 bits per heavy atom. The molecule has 0 aliphatic carbocycles. The lowest BCUT2D eigenvalue weighted by molar-refractivity contribution is -0.262. The van der Waals surface area contributed by atoms with Crippen LogP contribution in [0.25, 0.3) is 11.0 Å². The Morgan fingerprint density at radius 1 is 1.00 bits per heavy atom. The smallest absolute Gasteiger partial charge is 0.406 e. The first-order valence-corrected chi connectivity index (χ1v) is 10.3. The van der Waals surface area contributed by atoms with Gasteiger partial charge in [0.15, 0.2) is 17.1 Å². The van der Waals surface area contributed by atoms with Gasteiger partial charge >= 0.3 is 6.09 Å². The number of rotatable bonds is 2. The first-order chi connectivity index (χ1) is 15.8. The van der Waals surface area contributed by atoms with E-state index in [2.05, 4.69) is 29.0 Å². The molecule has 0 unspecified atom stereocenters. The van der Waals surface area contributed by atoms with Crippen LogP contribution in [0.2, 0.25) is 0 Å². The monoisotopic (exact) mass is 445 g/mol. The summed E-state index contributed by atoms with van der Waals surface area (Å²) in [5.74, 6) is 12.6. The lowest BCUT2D eigenvalue weighted by atomic mass is 10.0. The number of ether oxygens (including phenoxy) is 3. The fraction of sp³-hybridized carbons (Fsp3) is 0.269. The molecular formula is C26H23NO6. The average Bonchev–Trinajstić information content (AvgIpc) is 3.21. The van der Waals surface area contributed by atoms with E-state index in [0.29, 0.717) is 16.9 Å². The third kappa shape index (κ3) is 5.48. The molecule has 1 aliphatic heterocycles. The van der Waals surface area contributed by atoms with Gasteiger partial charge in [0.2, 0.25) is 0 Å². The van der Waals surface area contributed by atoms with Gasteiger partial charge in [-0.2, -0.15) is 0 Å². The fourth-order valence-electron chi connectivity index (χ4n) is 3.22. The minimum atomic E-state index is -1.19. The van der Waals surface area contributed by atoms with Gasteiger partial charge in [-0.15, -0.1) is 0 Å². The summed E-state index contributed by atoms with van der Waals surface area (Å²) in [5.41, 5.74) is 1.09. The van der Waals surface area contributed by atoms with Crippen molar-refractivity contribution >= 4 is 17.1 Å². The quantitative estimate of drug-likeness (QED) is 0.580. The normalized spacial score (nSPS) is 16.1. The molecule has 2 aromatic carbocycles. The average molecular weight is 445 g/mol. The summed E-state index contributed by atoms with van der Waals surface area (Å²) in [6.07, 6.45) is -1.19. The Bertz CT molecular complexity index is 1290. The third-order valence-corrected chi connectivity index (χ3v) is 5.07. The van der Waals surface area contributed by atoms with Crippen molar-refractivity contribution in [1.82, 2.24) is 5.32 Å². The van der Waals surface area contributed by atoms with Crippen molar-refractivity contribution in [3.05, 3.63) is 65.4 Å². The highest BCUT2D eigenvalue weighted by molar-refractivity contribution is 5.80. The Kier molecular flexibility index (Phi) is 6.02. The maximum Gasteiger partial charge on any atom is 0.406 e. The van der Waals surface area contributed by atoms with Crippen molar-refractivity contribution in [2.24, 2.45) is 0 Å². The number of furan rings is 1. The van der Waals surface area contributed by atoms with Gasteiger partial charge in [0.25, 0.3) is 0 Å². The van der Waals surface area contributed by atoms with Crippen LogP contribution < -0.4 is 10.1 Å². The van der Waals surface area contributed by atoms with E-state index in [1.54, 1.807) is 21.0 Å². The second-order valence-electron chi connectivity index (χ2n) is 8.08. The van der Waals surface area contributed by atoms with Crippen LogP contribution in [0.3, 0.4) is 0 Å². The number of hydrogen-bond donors (Lipinski definition) is 2. The summed E-state index contributed by atoms with van der Waals surface area (Å²) in [4.78, 5) is 11.2. The topological polar surface area (TPSA) is 90.2 Å². The van der Waals surface area contributed by atoms with Crippen molar-refractivity contribution < 1.29 is 28.5 Å². The zero-order valence-corrected chi connectivity index (χ0v) is 18.5. The molecule has 0 spiro atoms. The Balaban J connectivity index is 1.49. The minimum absolute atomic E-state index is 0.0895. The van der Waals surface area contributed by atoms with E-state index in [-0.39, 0.29) is 13.2 Å². The Morgan fingerprint density at radius 2 is 1.67 bits per heavy atom. The van der Waals surface area contributed by atoms with Crippen molar-refractivity contribution in [3.63, 3.8) is 0 Å². The zero-order chi connectivity index (χ0) is 23.5. The van der Waals surface area contributed by atoms with Crippen LogP contribution in [-0.4, -0.2) is 42.8 Å². The molecule has 1 aliphatic rings. The second kappa shape index (κ2) is 8.91. The summed E-state index contributed by atoms with van der Waals surface area (Å²) in [5, 5.41) is 12.6. The lowest BCUT2D eigenvalue weighted by Gasteiger charge is -2.40. The largest absolute Gasteiger partial charge is 0.497 e. The Hall–Kier alpha value is -3.91. The number of methoxy groups -OCH3 is 1. The SMILES string of the molecule is COc1ccc2cc(C#Cc3ccc(C#CC4(NC(=O)O)COC(C)(C)OC4)cc3)oc2c1. The Labute approximate surface area is 191 Å². The first kappa shape index (κ1) is 22.3. The van der Waals surface area contributed by atoms with Crippen LogP contribution in [0, 0.1) is 23.7 Å². The van der Waals surface area contributed by atoms with Gasteiger partial charge in [0, 0.05) is 28.6 Å². The van der Waals surface area contributed by atoms with Gasteiger partial charge in [0.05, 0.1) is 20.3 Å². The van der Waals surface area contributed by atoms with Crippen LogP contribution in [0.1, 0.15) is 30.7 Å². The van der Waals surface area contributed by atoms with Crippen molar-refractivity contribution in [2.45, 2.75) is 25.2 Å². The number of hydrogen-bond acceptors (Lipinski definition) is 5. The molecule has 4 rings (SSSR count). The lowest BCUT2D eigenvalue weighted by Crippen LogP contribution is -2.60. The van der Waals surface area contributed by atoms with E-state index in [1.165, 1.54) is 0 Å². The van der Waals surface area contributed by atoms with Gasteiger partial charge in [-0.25, -0.2) is 4.79 Å². The predicted molar refractivity (Wildman–Crippen MR) is 122 cm³/mol. The summed E-state index contributed by atoms with van der Waals surface area (Å²) >= 11 is 0. The molecule has 0 atom stereocenters. The standard InChI is InChI=1S/C26H23NO6/c1-25(2)31-16-26(17-32-25,27-24(28)29)13-12-19-6-4-18(5-7-19)8-10-22-14-20-9-11-21(30-3)15-23(20)33-22/h4-7,9,11,14-15,27H,16-17H2,1-3H3,(H,28,29). The molecule has 1 aromatic heterocycles. The molecule has 0 saturated carbocycles. The van der Waals surface area contributed by atoms with E-state index >= 15 is 0 Å². The molecule has 7 heteroatoms. The van der Waals surface area contributed by atoms with E-state index in [4.69, 9.17) is 18.6 Å². The van der Waals surface area contributed by atoms with E-state index in [1.807, 2.05) is 48.5 Å². The molecule has 1 fully saturated rings. The van der Waals surface area contributed by atoms with Crippen molar-refractivity contribution in [2.75, 3.05) is 20.3 Å². The molecule has 1 saturated heterocycles. The highest BCUT2D eigenvalue weighted by atomic mass is 16.7. The summed E-state index contributed by atoms with van der Waals surface area (Å²) in [6, 6.07) is 14.8. The summed E-state index contributed by atoms with van der Waals surface area (Å²) < 4.78 is 22.2. The summed E-state index contributed by atoms with van der Waals surface area (Å²) in [6.45, 7) is 3.72. The van der Waals surface area contributed by atoms with Gasteiger partial charge in [-0.1, -0.05) is 17.8 Å². The number of carboxylic acid groups (broad SMARTS) is 1. The van der Waals surface area contributed by atoms with Crippen LogP contribution >= 0.6 is 0 Å². The number of amides is 1. The molecule has 2 N–H and O–H groups in total. The number of carbonyl (C=O) groups is 1. The zero-order valence-electron chi connectivity index (χ0n) is 18.5. The number of fused-ring (bicyclic) bond motifs is 1. The summed E-state index contributed by atoms with van der Waals surface area (Å²) in [7, 11) is 1.61. The molecule has 1 amide bonds. The molecular weight excluding hydrogens is 422 g/mol. The maximum atomic E-state index is 11.2. The molecule has 33 heavy (non-hydrogen) atoms. The molecule has 0 bridgehead atoms. The van der Waals surface area contributed by atoms with Gasteiger partial charge in [-0.05, 0) is 56.2 Å². The van der Waals surface area contributed by atoms with Gasteiger partial charge in [0.1, 0.15) is 11.3 Å². The van der Waals surface area contributed by atoms with Crippen LogP contribution in [0.15, 0.2) is 52.9 Å². The molecule has 0 radical (unpaired) electrons. The van der Waals surface area contributed by atoms with Gasteiger partial charge < -0.3 is 29.1 Å². The van der Waals surface area contributed by atoms with Crippen molar-refractivity contribution in [1.29, 1.82) is 0 Å². The molecule has 168 valence electrons. The highest BCUT2D eigenvalue weighted by Gasteiger charge is 2.40. The predicted octanol–water partition coefficient (Wildman–Crippen LogP) is 3.98. The minimum Gasteiger partial charge on any atom is -0.497 e. The van der Waals surface area contributed by atoms with Crippen LogP contribution in [-0.2, 0) is 9.47 Å².